The molecule has 2 heterocycles. The molecule has 0 radical (unpaired) electrons. The largest absolute Gasteiger partial charge is 0.477 e. The molecule has 0 aromatic carbocycles. The summed E-state index contributed by atoms with van der Waals surface area (Å²) in [7, 11) is -3.74. The molecule has 0 aliphatic carbocycles. The molecule has 2 aromatic rings. The van der Waals surface area contributed by atoms with Crippen LogP contribution in [-0.4, -0.2) is 19.5 Å². The van der Waals surface area contributed by atoms with Crippen LogP contribution in [0.4, 0.5) is 0 Å². The standard InChI is InChI=1S/C13H15NO4S3/c1-8(2)12(10-4-3-5-19-10)14-21(17,18)9-6-11(13(15)16)20-7-9/h3-8,12,14H,1-2H3,(H,15,16). The summed E-state index contributed by atoms with van der Waals surface area (Å²) in [5.41, 5.74) is 0. The molecule has 0 aliphatic rings. The summed E-state index contributed by atoms with van der Waals surface area (Å²) in [6, 6.07) is 4.61. The predicted octanol–water partition coefficient (Wildman–Crippen LogP) is 3.18. The highest BCUT2D eigenvalue weighted by atomic mass is 32.2. The van der Waals surface area contributed by atoms with Gasteiger partial charge in [0, 0.05) is 10.3 Å². The zero-order valence-electron chi connectivity index (χ0n) is 11.4. The van der Waals surface area contributed by atoms with E-state index in [9.17, 15) is 13.2 Å². The van der Waals surface area contributed by atoms with Gasteiger partial charge in [-0.05, 0) is 23.4 Å². The molecule has 0 saturated heterocycles. The van der Waals surface area contributed by atoms with Crippen molar-refractivity contribution in [2.24, 2.45) is 5.92 Å². The van der Waals surface area contributed by atoms with Gasteiger partial charge in [0.05, 0.1) is 10.9 Å². The van der Waals surface area contributed by atoms with Crippen LogP contribution in [-0.2, 0) is 10.0 Å². The lowest BCUT2D eigenvalue weighted by Crippen LogP contribution is -2.31. The Morgan fingerprint density at radius 1 is 1.33 bits per heavy atom. The van der Waals surface area contributed by atoms with Gasteiger partial charge in [-0.15, -0.1) is 22.7 Å². The van der Waals surface area contributed by atoms with E-state index in [1.807, 2.05) is 31.4 Å². The molecule has 0 saturated carbocycles. The number of sulfonamides is 1. The molecule has 8 heteroatoms. The lowest BCUT2D eigenvalue weighted by molar-refractivity contribution is 0.0702. The Kier molecular flexibility index (Phi) is 4.82. The van der Waals surface area contributed by atoms with Crippen LogP contribution in [0.2, 0.25) is 0 Å². The van der Waals surface area contributed by atoms with Crippen molar-refractivity contribution in [2.75, 3.05) is 0 Å². The van der Waals surface area contributed by atoms with E-state index in [1.165, 1.54) is 22.8 Å². The van der Waals surface area contributed by atoms with Crippen LogP contribution < -0.4 is 4.72 Å². The van der Waals surface area contributed by atoms with Crippen molar-refractivity contribution in [1.29, 1.82) is 0 Å². The van der Waals surface area contributed by atoms with Gasteiger partial charge in [-0.3, -0.25) is 0 Å². The highest BCUT2D eigenvalue weighted by Gasteiger charge is 2.26. The van der Waals surface area contributed by atoms with Gasteiger partial charge >= 0.3 is 5.97 Å². The SMILES string of the molecule is CC(C)C(NS(=O)(=O)c1csc(C(=O)O)c1)c1cccs1. The van der Waals surface area contributed by atoms with Crippen LogP contribution in [0.5, 0.6) is 0 Å². The van der Waals surface area contributed by atoms with E-state index in [-0.39, 0.29) is 21.7 Å². The minimum atomic E-state index is -3.74. The monoisotopic (exact) mass is 345 g/mol. The van der Waals surface area contributed by atoms with Crippen LogP contribution >= 0.6 is 22.7 Å². The van der Waals surface area contributed by atoms with Crippen LogP contribution in [0.25, 0.3) is 0 Å². The lowest BCUT2D eigenvalue weighted by Gasteiger charge is -2.20. The summed E-state index contributed by atoms with van der Waals surface area (Å²) in [4.78, 5) is 11.8. The van der Waals surface area contributed by atoms with E-state index in [0.29, 0.717) is 0 Å². The lowest BCUT2D eigenvalue weighted by atomic mass is 10.0. The van der Waals surface area contributed by atoms with Gasteiger partial charge < -0.3 is 5.11 Å². The molecular formula is C13H15NO4S3. The molecule has 21 heavy (non-hydrogen) atoms. The summed E-state index contributed by atoms with van der Waals surface area (Å²) < 4.78 is 27.4. The number of aromatic carboxylic acids is 1. The van der Waals surface area contributed by atoms with Gasteiger partial charge in [-0.2, -0.15) is 0 Å². The number of hydrogen-bond acceptors (Lipinski definition) is 5. The highest BCUT2D eigenvalue weighted by molar-refractivity contribution is 7.89. The quantitative estimate of drug-likeness (QED) is 0.842. The average Bonchev–Trinajstić information content (AvgIpc) is 3.06. The Balaban J connectivity index is 2.28. The maximum atomic E-state index is 12.4. The van der Waals surface area contributed by atoms with Crippen molar-refractivity contribution in [3.8, 4) is 0 Å². The predicted molar refractivity (Wildman–Crippen MR) is 83.5 cm³/mol. The summed E-state index contributed by atoms with van der Waals surface area (Å²) in [6.07, 6.45) is 0. The number of thiophene rings is 2. The third-order valence-corrected chi connectivity index (χ3v) is 6.34. The molecule has 0 fully saturated rings. The molecule has 5 nitrogen and oxygen atoms in total. The maximum absolute atomic E-state index is 12.4. The van der Waals surface area contributed by atoms with Crippen LogP contribution in [0, 0.1) is 5.92 Å². The summed E-state index contributed by atoms with van der Waals surface area (Å²) in [5.74, 6) is -1.05. The first-order valence-electron chi connectivity index (χ1n) is 6.19. The first kappa shape index (κ1) is 16.2. The van der Waals surface area contributed by atoms with Gasteiger partial charge in [0.25, 0.3) is 0 Å². The molecule has 0 bridgehead atoms. The molecule has 0 spiro atoms. The normalized spacial score (nSPS) is 13.5. The molecule has 1 atom stereocenters. The van der Waals surface area contributed by atoms with Crippen LogP contribution in [0.1, 0.15) is 34.4 Å². The second-order valence-corrected chi connectivity index (χ2v) is 8.41. The van der Waals surface area contributed by atoms with E-state index >= 15 is 0 Å². The minimum absolute atomic E-state index is 0.00703. The van der Waals surface area contributed by atoms with Gasteiger partial charge in [-0.25, -0.2) is 17.9 Å². The number of hydrogen-bond donors (Lipinski definition) is 2. The zero-order chi connectivity index (χ0) is 15.6. The van der Waals surface area contributed by atoms with Crippen molar-refractivity contribution >= 4 is 38.7 Å². The molecule has 1 unspecified atom stereocenters. The second kappa shape index (κ2) is 6.27. The Morgan fingerprint density at radius 2 is 2.05 bits per heavy atom. The maximum Gasteiger partial charge on any atom is 0.345 e. The van der Waals surface area contributed by atoms with Crippen molar-refractivity contribution in [3.05, 3.63) is 38.7 Å². The number of rotatable bonds is 6. The number of nitrogens with one attached hydrogen (secondary N) is 1. The highest BCUT2D eigenvalue weighted by Crippen LogP contribution is 2.28. The Labute approximate surface area is 131 Å². The van der Waals surface area contributed by atoms with E-state index in [4.69, 9.17) is 5.11 Å². The number of carboxylic acids is 1. The van der Waals surface area contributed by atoms with Crippen molar-refractivity contribution in [3.63, 3.8) is 0 Å². The fraction of sp³-hybridized carbons (Fsp3) is 0.308. The van der Waals surface area contributed by atoms with Crippen molar-refractivity contribution < 1.29 is 18.3 Å². The fourth-order valence-electron chi connectivity index (χ4n) is 1.80. The summed E-state index contributed by atoms with van der Waals surface area (Å²) in [6.45, 7) is 3.87. The summed E-state index contributed by atoms with van der Waals surface area (Å²) in [5, 5.41) is 12.1. The molecule has 0 amide bonds. The third kappa shape index (κ3) is 3.70. The minimum Gasteiger partial charge on any atom is -0.477 e. The Hall–Kier alpha value is -1.22. The Bertz CT molecular complexity index is 716. The third-order valence-electron chi connectivity index (χ3n) is 2.89. The smallest absolute Gasteiger partial charge is 0.345 e. The molecule has 2 N–H and O–H groups in total. The van der Waals surface area contributed by atoms with E-state index in [2.05, 4.69) is 4.72 Å². The first-order valence-corrected chi connectivity index (χ1v) is 9.43. The van der Waals surface area contributed by atoms with Crippen molar-refractivity contribution in [2.45, 2.75) is 24.8 Å². The topological polar surface area (TPSA) is 83.5 Å². The van der Waals surface area contributed by atoms with Gasteiger partial charge in [-0.1, -0.05) is 19.9 Å². The van der Waals surface area contributed by atoms with Gasteiger partial charge in [0.2, 0.25) is 10.0 Å². The molecule has 0 aliphatic heterocycles. The molecule has 114 valence electrons. The molecular weight excluding hydrogens is 330 g/mol. The average molecular weight is 345 g/mol. The van der Waals surface area contributed by atoms with Crippen molar-refractivity contribution in [1.82, 2.24) is 4.72 Å². The van der Waals surface area contributed by atoms with E-state index in [0.717, 1.165) is 16.2 Å². The van der Waals surface area contributed by atoms with E-state index in [1.54, 1.807) is 0 Å². The Morgan fingerprint density at radius 3 is 2.52 bits per heavy atom. The van der Waals surface area contributed by atoms with Gasteiger partial charge in [0.1, 0.15) is 4.88 Å². The number of carboxylic acid groups (broad SMARTS) is 1. The zero-order valence-corrected chi connectivity index (χ0v) is 13.9. The molecule has 2 aromatic heterocycles. The fourth-order valence-corrected chi connectivity index (χ4v) is 5.30. The van der Waals surface area contributed by atoms with Gasteiger partial charge in [0.15, 0.2) is 0 Å². The van der Waals surface area contributed by atoms with Crippen LogP contribution in [0.15, 0.2) is 33.9 Å². The van der Waals surface area contributed by atoms with Crippen LogP contribution in [0.3, 0.4) is 0 Å². The van der Waals surface area contributed by atoms with E-state index < -0.39 is 16.0 Å². The number of carbonyl (C=O) groups is 1. The second-order valence-electron chi connectivity index (χ2n) is 4.81. The molecule has 2 rings (SSSR count). The first-order chi connectivity index (χ1) is 9.81. The summed E-state index contributed by atoms with van der Waals surface area (Å²) >= 11 is 2.39.